The molecule has 0 unspecified atom stereocenters. The van der Waals surface area contributed by atoms with Gasteiger partial charge in [-0.3, -0.25) is 0 Å². The molecule has 0 spiro atoms. The first-order chi connectivity index (χ1) is 11.7. The number of methoxy groups -OCH3 is 1. The van der Waals surface area contributed by atoms with Crippen molar-refractivity contribution in [3.63, 3.8) is 0 Å². The van der Waals surface area contributed by atoms with Crippen LogP contribution in [0.1, 0.15) is 37.3 Å². The van der Waals surface area contributed by atoms with E-state index in [2.05, 4.69) is 32.9 Å². The number of likely N-dealkylation sites (tertiary alicyclic amines) is 1. The van der Waals surface area contributed by atoms with E-state index in [-0.39, 0.29) is 24.8 Å². The van der Waals surface area contributed by atoms with E-state index in [0.29, 0.717) is 12.0 Å². The number of piperidine rings is 1. The first kappa shape index (κ1) is 23.4. The average molecular weight is 406 g/mol. The van der Waals surface area contributed by atoms with Crippen LogP contribution in [0.3, 0.4) is 0 Å². The maximum atomic E-state index is 5.90. The molecule has 1 aromatic heterocycles. The lowest BCUT2D eigenvalue weighted by Gasteiger charge is -2.34. The summed E-state index contributed by atoms with van der Waals surface area (Å²) in [5.74, 6) is 2.31. The third-order valence-corrected chi connectivity index (χ3v) is 5.51. The number of aromatic nitrogens is 2. The summed E-state index contributed by atoms with van der Waals surface area (Å²) in [6.45, 7) is 5.31. The third-order valence-electron chi connectivity index (χ3n) is 5.51. The molecule has 1 aliphatic heterocycles. The molecule has 2 fully saturated rings. The molecule has 1 saturated carbocycles. The van der Waals surface area contributed by atoms with Gasteiger partial charge in [0.05, 0.1) is 6.61 Å². The highest BCUT2D eigenvalue weighted by Crippen LogP contribution is 2.35. The number of ether oxygens (including phenoxy) is 1. The molecule has 1 saturated heterocycles. The third kappa shape index (κ3) is 6.20. The van der Waals surface area contributed by atoms with E-state index in [0.717, 1.165) is 50.0 Å². The second-order valence-electron chi connectivity index (χ2n) is 7.39. The van der Waals surface area contributed by atoms with E-state index < -0.39 is 0 Å². The van der Waals surface area contributed by atoms with Crippen molar-refractivity contribution in [2.75, 3.05) is 51.8 Å². The van der Waals surface area contributed by atoms with Crippen LogP contribution in [0.4, 0.5) is 5.82 Å². The van der Waals surface area contributed by atoms with Crippen LogP contribution < -0.4 is 10.6 Å². The Hall–Kier alpha value is -0.660. The number of hydrogen-bond acceptors (Lipinski definition) is 6. The van der Waals surface area contributed by atoms with Gasteiger partial charge in [0.1, 0.15) is 12.1 Å². The van der Waals surface area contributed by atoms with E-state index in [1.807, 2.05) is 0 Å². The molecule has 0 atom stereocenters. The predicted molar refractivity (Wildman–Crippen MR) is 111 cm³/mol. The Labute approximate surface area is 169 Å². The summed E-state index contributed by atoms with van der Waals surface area (Å²) in [4.78, 5) is 13.7. The number of hydrogen-bond donors (Lipinski definition) is 1. The monoisotopic (exact) mass is 405 g/mol. The van der Waals surface area contributed by atoms with Gasteiger partial charge in [0, 0.05) is 51.0 Å². The van der Waals surface area contributed by atoms with Crippen molar-refractivity contribution in [1.29, 1.82) is 0 Å². The highest BCUT2D eigenvalue weighted by Gasteiger charge is 2.29. The minimum Gasteiger partial charge on any atom is -0.383 e. The fraction of sp³-hybridized carbons (Fsp3) is 0.778. The van der Waals surface area contributed by atoms with Crippen LogP contribution in [-0.4, -0.2) is 67.9 Å². The number of anilines is 1. The maximum absolute atomic E-state index is 5.90. The molecule has 26 heavy (non-hydrogen) atoms. The fourth-order valence-electron chi connectivity index (χ4n) is 3.79. The summed E-state index contributed by atoms with van der Waals surface area (Å²) in [6, 6.07) is 2.51. The Morgan fingerprint density at radius 1 is 1.23 bits per heavy atom. The molecule has 0 aromatic carbocycles. The van der Waals surface area contributed by atoms with Crippen molar-refractivity contribution in [3.8, 4) is 0 Å². The molecule has 150 valence electrons. The van der Waals surface area contributed by atoms with Gasteiger partial charge in [-0.25, -0.2) is 9.97 Å². The van der Waals surface area contributed by atoms with Crippen LogP contribution in [0.15, 0.2) is 12.4 Å². The van der Waals surface area contributed by atoms with Crippen LogP contribution in [0.2, 0.25) is 0 Å². The highest BCUT2D eigenvalue weighted by atomic mass is 35.5. The first-order valence-electron chi connectivity index (χ1n) is 9.15. The minimum absolute atomic E-state index is 0. The molecule has 6 nitrogen and oxygen atoms in total. The number of nitrogens with two attached hydrogens (primary N) is 1. The first-order valence-corrected chi connectivity index (χ1v) is 9.15. The predicted octanol–water partition coefficient (Wildman–Crippen LogP) is 2.32. The fourth-order valence-corrected chi connectivity index (χ4v) is 3.79. The molecule has 0 amide bonds. The number of halogens is 2. The molecule has 1 aliphatic carbocycles. The van der Waals surface area contributed by atoms with Crippen molar-refractivity contribution in [2.24, 2.45) is 11.7 Å². The van der Waals surface area contributed by atoms with Crippen LogP contribution >= 0.6 is 24.8 Å². The topological polar surface area (TPSA) is 67.5 Å². The quantitative estimate of drug-likeness (QED) is 0.750. The van der Waals surface area contributed by atoms with Crippen molar-refractivity contribution in [1.82, 2.24) is 14.9 Å². The zero-order valence-electron chi connectivity index (χ0n) is 15.8. The Morgan fingerprint density at radius 3 is 2.54 bits per heavy atom. The molecule has 2 aliphatic rings. The lowest BCUT2D eigenvalue weighted by Crippen LogP contribution is -2.39. The zero-order valence-corrected chi connectivity index (χ0v) is 17.5. The Kier molecular flexibility index (Phi) is 10.1. The molecular formula is C18H33Cl2N5O. The van der Waals surface area contributed by atoms with E-state index in [4.69, 9.17) is 10.5 Å². The zero-order chi connectivity index (χ0) is 16.9. The Bertz CT molecular complexity index is 522. The second kappa shape index (κ2) is 11.2. The van der Waals surface area contributed by atoms with Gasteiger partial charge in [0.15, 0.2) is 0 Å². The van der Waals surface area contributed by atoms with Gasteiger partial charge in [-0.05, 0) is 44.7 Å². The van der Waals surface area contributed by atoms with Crippen molar-refractivity contribution in [2.45, 2.75) is 37.6 Å². The summed E-state index contributed by atoms with van der Waals surface area (Å²) in [7, 11) is 3.92. The minimum atomic E-state index is 0. The summed E-state index contributed by atoms with van der Waals surface area (Å²) >= 11 is 0. The lowest BCUT2D eigenvalue weighted by molar-refractivity contribution is 0.121. The molecule has 2 N–H and O–H groups in total. The van der Waals surface area contributed by atoms with Gasteiger partial charge >= 0.3 is 0 Å². The number of nitrogens with zero attached hydrogens (tertiary/aromatic N) is 4. The standard InChI is InChI=1S/C18H31N5O.2ClH/c1-22(12-14-3-5-23(6-4-14)7-8-24-2)18-11-17(20-13-21-18)15-9-16(19)10-15;;/h11,13-16H,3-10,12,19H2,1-2H3;2*1H. The Morgan fingerprint density at radius 2 is 1.92 bits per heavy atom. The summed E-state index contributed by atoms with van der Waals surface area (Å²) in [5.41, 5.74) is 7.06. The molecule has 8 heteroatoms. The largest absolute Gasteiger partial charge is 0.383 e. The van der Waals surface area contributed by atoms with Gasteiger partial charge < -0.3 is 20.3 Å². The normalized spacial score (nSPS) is 23.5. The highest BCUT2D eigenvalue weighted by molar-refractivity contribution is 5.85. The van der Waals surface area contributed by atoms with Gasteiger partial charge in [-0.1, -0.05) is 0 Å². The van der Waals surface area contributed by atoms with Gasteiger partial charge in [-0.2, -0.15) is 0 Å². The molecule has 0 bridgehead atoms. The molecular weight excluding hydrogens is 373 g/mol. The summed E-state index contributed by atoms with van der Waals surface area (Å²) in [5, 5.41) is 0. The summed E-state index contributed by atoms with van der Waals surface area (Å²) in [6.07, 6.45) is 6.32. The Balaban J connectivity index is 0.00000169. The number of rotatable bonds is 7. The van der Waals surface area contributed by atoms with Crippen LogP contribution in [0, 0.1) is 5.92 Å². The van der Waals surface area contributed by atoms with E-state index in [1.54, 1.807) is 13.4 Å². The molecule has 3 rings (SSSR count). The SMILES string of the molecule is COCCN1CCC(CN(C)c2cc(C3CC(N)C3)ncn2)CC1.Cl.Cl. The van der Waals surface area contributed by atoms with Crippen LogP contribution in [-0.2, 0) is 4.74 Å². The summed E-state index contributed by atoms with van der Waals surface area (Å²) < 4.78 is 5.17. The molecule has 1 aromatic rings. The average Bonchev–Trinajstić information content (AvgIpc) is 2.58. The van der Waals surface area contributed by atoms with Crippen LogP contribution in [0.5, 0.6) is 0 Å². The molecule has 0 radical (unpaired) electrons. The van der Waals surface area contributed by atoms with Gasteiger partial charge in [-0.15, -0.1) is 24.8 Å². The van der Waals surface area contributed by atoms with E-state index in [1.165, 1.54) is 25.9 Å². The van der Waals surface area contributed by atoms with E-state index in [9.17, 15) is 0 Å². The second-order valence-corrected chi connectivity index (χ2v) is 7.39. The smallest absolute Gasteiger partial charge is 0.131 e. The van der Waals surface area contributed by atoms with Gasteiger partial charge in [0.25, 0.3) is 0 Å². The van der Waals surface area contributed by atoms with E-state index >= 15 is 0 Å². The lowest BCUT2D eigenvalue weighted by atomic mass is 9.78. The van der Waals surface area contributed by atoms with Crippen molar-refractivity contribution in [3.05, 3.63) is 18.1 Å². The van der Waals surface area contributed by atoms with Crippen LogP contribution in [0.25, 0.3) is 0 Å². The maximum Gasteiger partial charge on any atom is 0.131 e. The molecule has 2 heterocycles. The van der Waals surface area contributed by atoms with Crippen molar-refractivity contribution < 1.29 is 4.74 Å². The van der Waals surface area contributed by atoms with Gasteiger partial charge in [0.2, 0.25) is 0 Å². The van der Waals surface area contributed by atoms with Crippen molar-refractivity contribution >= 4 is 30.6 Å².